The van der Waals surface area contributed by atoms with Gasteiger partial charge in [-0.15, -0.1) is 0 Å². The first-order chi connectivity index (χ1) is 9.89. The van der Waals surface area contributed by atoms with Gasteiger partial charge in [-0.1, -0.05) is 5.16 Å². The monoisotopic (exact) mass is 316 g/mol. The molecule has 21 heavy (non-hydrogen) atoms. The van der Waals surface area contributed by atoms with Crippen LogP contribution in [-0.4, -0.2) is 66.6 Å². The molecule has 3 atom stereocenters. The summed E-state index contributed by atoms with van der Waals surface area (Å²) in [6, 6.07) is -0.0994. The standard InChI is InChI=1S/C12H20N4O4S/c1-8-13-12(20-14-8)9-6-11-10(4-5-19-11)16(7-9)21(17,18)15(2)3/h9-11H,4-7H2,1-3H3/t9-,10+,11+/m0/s1. The Morgan fingerprint density at radius 1 is 1.38 bits per heavy atom. The molecule has 1 aromatic heterocycles. The molecule has 8 nitrogen and oxygen atoms in total. The Morgan fingerprint density at radius 2 is 2.14 bits per heavy atom. The molecule has 0 radical (unpaired) electrons. The van der Waals surface area contributed by atoms with Crippen molar-refractivity contribution in [3.8, 4) is 0 Å². The van der Waals surface area contributed by atoms with E-state index in [1.165, 1.54) is 8.61 Å². The van der Waals surface area contributed by atoms with Gasteiger partial charge in [0, 0.05) is 27.2 Å². The first kappa shape index (κ1) is 14.9. The molecule has 9 heteroatoms. The second-order valence-corrected chi connectivity index (χ2v) is 7.83. The van der Waals surface area contributed by atoms with Gasteiger partial charge in [0.15, 0.2) is 5.82 Å². The van der Waals surface area contributed by atoms with Gasteiger partial charge < -0.3 is 9.26 Å². The minimum Gasteiger partial charge on any atom is -0.376 e. The minimum absolute atomic E-state index is 0.0994. The van der Waals surface area contributed by atoms with Gasteiger partial charge in [0.2, 0.25) is 5.89 Å². The number of fused-ring (bicyclic) bond motifs is 1. The van der Waals surface area contributed by atoms with Crippen molar-refractivity contribution in [3.63, 3.8) is 0 Å². The van der Waals surface area contributed by atoms with E-state index in [-0.39, 0.29) is 18.1 Å². The lowest BCUT2D eigenvalue weighted by Crippen LogP contribution is -2.54. The molecule has 3 heterocycles. The molecular formula is C12H20N4O4S. The van der Waals surface area contributed by atoms with Crippen molar-refractivity contribution < 1.29 is 17.7 Å². The molecule has 3 rings (SSSR count). The van der Waals surface area contributed by atoms with Crippen molar-refractivity contribution in [2.24, 2.45) is 0 Å². The zero-order valence-electron chi connectivity index (χ0n) is 12.4. The number of nitrogens with zero attached hydrogens (tertiary/aromatic N) is 4. The van der Waals surface area contributed by atoms with Gasteiger partial charge in [0.25, 0.3) is 10.2 Å². The summed E-state index contributed by atoms with van der Waals surface area (Å²) in [4.78, 5) is 4.24. The van der Waals surface area contributed by atoms with Crippen LogP contribution in [0.15, 0.2) is 4.52 Å². The molecule has 0 aliphatic carbocycles. The molecule has 2 aliphatic heterocycles. The summed E-state index contributed by atoms with van der Waals surface area (Å²) in [6.45, 7) is 2.69. The highest BCUT2D eigenvalue weighted by Crippen LogP contribution is 2.37. The molecule has 0 bridgehead atoms. The lowest BCUT2D eigenvalue weighted by atomic mass is 9.92. The Balaban J connectivity index is 1.91. The number of hydrogen-bond acceptors (Lipinski definition) is 6. The van der Waals surface area contributed by atoms with Crippen LogP contribution in [0, 0.1) is 6.92 Å². The van der Waals surface area contributed by atoms with Gasteiger partial charge in [-0.25, -0.2) is 0 Å². The molecule has 0 spiro atoms. The fourth-order valence-electron chi connectivity index (χ4n) is 3.03. The van der Waals surface area contributed by atoms with Crippen LogP contribution in [0.5, 0.6) is 0 Å². The number of aromatic nitrogens is 2. The molecule has 1 aromatic rings. The average molecular weight is 316 g/mol. The van der Waals surface area contributed by atoms with Gasteiger partial charge in [0.1, 0.15) is 0 Å². The van der Waals surface area contributed by atoms with Gasteiger partial charge in [-0.05, 0) is 19.8 Å². The SMILES string of the molecule is Cc1noc([C@H]2C[C@H]3OCC[C@H]3N(S(=O)(=O)N(C)C)C2)n1. The van der Waals surface area contributed by atoms with Crippen LogP contribution in [0.4, 0.5) is 0 Å². The molecule has 2 fully saturated rings. The van der Waals surface area contributed by atoms with Crippen LogP contribution in [0.1, 0.15) is 30.5 Å². The van der Waals surface area contributed by atoms with Crippen LogP contribution in [0.25, 0.3) is 0 Å². The Labute approximate surface area is 124 Å². The van der Waals surface area contributed by atoms with Gasteiger partial charge in [-0.3, -0.25) is 0 Å². The fraction of sp³-hybridized carbons (Fsp3) is 0.833. The highest BCUT2D eigenvalue weighted by atomic mass is 32.2. The maximum atomic E-state index is 12.5. The largest absolute Gasteiger partial charge is 0.376 e. The van der Waals surface area contributed by atoms with E-state index >= 15 is 0 Å². The molecule has 0 aromatic carbocycles. The van der Waals surface area contributed by atoms with Crippen LogP contribution in [0.3, 0.4) is 0 Å². The third kappa shape index (κ3) is 2.59. The summed E-state index contributed by atoms with van der Waals surface area (Å²) in [7, 11) is -0.407. The van der Waals surface area contributed by atoms with Crippen molar-refractivity contribution in [2.75, 3.05) is 27.2 Å². The Kier molecular flexibility index (Phi) is 3.76. The topological polar surface area (TPSA) is 88.8 Å². The summed E-state index contributed by atoms with van der Waals surface area (Å²) < 4.78 is 38.8. The normalized spacial score (nSPS) is 30.8. The van der Waals surface area contributed by atoms with Crippen molar-refractivity contribution in [2.45, 2.75) is 37.8 Å². The van der Waals surface area contributed by atoms with E-state index in [1.807, 2.05) is 0 Å². The van der Waals surface area contributed by atoms with E-state index in [0.29, 0.717) is 31.3 Å². The van der Waals surface area contributed by atoms with E-state index in [4.69, 9.17) is 9.26 Å². The third-order valence-corrected chi connectivity index (χ3v) is 6.05. The summed E-state index contributed by atoms with van der Waals surface area (Å²) in [6.07, 6.45) is 1.34. The molecule has 0 saturated carbocycles. The highest BCUT2D eigenvalue weighted by Gasteiger charge is 2.47. The van der Waals surface area contributed by atoms with Gasteiger partial charge in [0.05, 0.1) is 18.1 Å². The fourth-order valence-corrected chi connectivity index (χ4v) is 4.40. The maximum Gasteiger partial charge on any atom is 0.281 e. The molecule has 2 saturated heterocycles. The van der Waals surface area contributed by atoms with Crippen molar-refractivity contribution >= 4 is 10.2 Å². The number of piperidine rings is 1. The Morgan fingerprint density at radius 3 is 2.76 bits per heavy atom. The number of ether oxygens (including phenoxy) is 1. The van der Waals surface area contributed by atoms with Crippen LogP contribution in [-0.2, 0) is 14.9 Å². The van der Waals surface area contributed by atoms with E-state index in [9.17, 15) is 8.42 Å². The van der Waals surface area contributed by atoms with Gasteiger partial charge >= 0.3 is 0 Å². The smallest absolute Gasteiger partial charge is 0.281 e. The van der Waals surface area contributed by atoms with Crippen LogP contribution < -0.4 is 0 Å². The predicted molar refractivity (Wildman–Crippen MR) is 73.9 cm³/mol. The molecule has 118 valence electrons. The highest BCUT2D eigenvalue weighted by molar-refractivity contribution is 7.86. The molecule has 0 unspecified atom stereocenters. The van der Waals surface area contributed by atoms with Crippen molar-refractivity contribution in [3.05, 3.63) is 11.7 Å². The van der Waals surface area contributed by atoms with E-state index in [1.54, 1.807) is 21.0 Å². The van der Waals surface area contributed by atoms with Crippen molar-refractivity contribution in [1.82, 2.24) is 18.8 Å². The first-order valence-electron chi connectivity index (χ1n) is 7.00. The number of rotatable bonds is 3. The maximum absolute atomic E-state index is 12.5. The van der Waals surface area contributed by atoms with Gasteiger partial charge in [-0.2, -0.15) is 22.0 Å². The minimum atomic E-state index is -3.49. The molecular weight excluding hydrogens is 296 g/mol. The molecule has 0 N–H and O–H groups in total. The predicted octanol–water partition coefficient (Wildman–Crippen LogP) is 0.131. The third-order valence-electron chi connectivity index (χ3n) is 4.11. The van der Waals surface area contributed by atoms with E-state index < -0.39 is 10.2 Å². The van der Waals surface area contributed by atoms with E-state index in [2.05, 4.69) is 10.1 Å². The van der Waals surface area contributed by atoms with E-state index in [0.717, 1.165) is 6.42 Å². The lowest BCUT2D eigenvalue weighted by molar-refractivity contribution is 0.0403. The summed E-state index contributed by atoms with van der Waals surface area (Å²) in [5.41, 5.74) is 0. The second kappa shape index (κ2) is 5.31. The zero-order chi connectivity index (χ0) is 15.2. The van der Waals surface area contributed by atoms with Crippen molar-refractivity contribution in [1.29, 1.82) is 0 Å². The quantitative estimate of drug-likeness (QED) is 0.787. The molecule has 0 amide bonds. The molecule has 2 aliphatic rings. The first-order valence-corrected chi connectivity index (χ1v) is 8.40. The van der Waals surface area contributed by atoms with Crippen LogP contribution >= 0.6 is 0 Å². The van der Waals surface area contributed by atoms with Crippen LogP contribution in [0.2, 0.25) is 0 Å². The lowest BCUT2D eigenvalue weighted by Gasteiger charge is -2.39. The average Bonchev–Trinajstić information content (AvgIpc) is 3.05. The Bertz CT molecular complexity index is 615. The number of hydrogen-bond donors (Lipinski definition) is 0. The zero-order valence-corrected chi connectivity index (χ0v) is 13.2. The summed E-state index contributed by atoms with van der Waals surface area (Å²) in [5.74, 6) is 0.919. The Hall–Kier alpha value is -1.03. The summed E-state index contributed by atoms with van der Waals surface area (Å²) in [5, 5.41) is 3.79. The second-order valence-electron chi connectivity index (χ2n) is 5.74. The number of aryl methyl sites for hydroxylation is 1. The summed E-state index contributed by atoms with van der Waals surface area (Å²) >= 11 is 0.